The fraction of sp³-hybridized carbons (Fsp3) is 0.294. The fourth-order valence-corrected chi connectivity index (χ4v) is 3.35. The normalized spacial score (nSPS) is 11.0. The Labute approximate surface area is 161 Å². The minimum atomic E-state index is -0.471. The molecule has 3 aromatic rings. The summed E-state index contributed by atoms with van der Waals surface area (Å²) in [4.78, 5) is 29.1. The van der Waals surface area contributed by atoms with Gasteiger partial charge < -0.3 is 9.47 Å². The number of hydrogen-bond acceptors (Lipinski definition) is 7. The van der Waals surface area contributed by atoms with Crippen molar-refractivity contribution in [2.45, 2.75) is 20.0 Å². The zero-order chi connectivity index (χ0) is 18.5. The van der Waals surface area contributed by atoms with Gasteiger partial charge in [-0.1, -0.05) is 27.3 Å². The lowest BCUT2D eigenvalue weighted by Gasteiger charge is -2.04. The number of carbonyl (C=O) groups excluding carboxylic acids is 1. The molecule has 0 N–H and O–H groups in total. The van der Waals surface area contributed by atoms with E-state index in [2.05, 4.69) is 26.0 Å². The van der Waals surface area contributed by atoms with Gasteiger partial charge in [0.25, 0.3) is 5.56 Å². The lowest BCUT2D eigenvalue weighted by atomic mass is 10.2. The van der Waals surface area contributed by atoms with Gasteiger partial charge in [0, 0.05) is 23.6 Å². The Morgan fingerprint density at radius 1 is 1.31 bits per heavy atom. The number of halogens is 1. The van der Waals surface area contributed by atoms with Crippen molar-refractivity contribution < 1.29 is 14.3 Å². The van der Waals surface area contributed by atoms with Gasteiger partial charge in [0.05, 0.1) is 17.9 Å². The van der Waals surface area contributed by atoms with E-state index in [-0.39, 0.29) is 12.2 Å². The average molecular weight is 438 g/mol. The summed E-state index contributed by atoms with van der Waals surface area (Å²) >= 11 is 4.63. The van der Waals surface area contributed by atoms with Crippen LogP contribution in [-0.2, 0) is 22.5 Å². The van der Waals surface area contributed by atoms with Gasteiger partial charge in [-0.3, -0.25) is 4.79 Å². The van der Waals surface area contributed by atoms with Gasteiger partial charge >= 0.3 is 5.97 Å². The lowest BCUT2D eigenvalue weighted by molar-refractivity contribution is 0.0467. The van der Waals surface area contributed by atoms with Gasteiger partial charge in [0.15, 0.2) is 0 Å². The zero-order valence-corrected chi connectivity index (χ0v) is 16.4. The van der Waals surface area contributed by atoms with Crippen molar-refractivity contribution in [3.63, 3.8) is 0 Å². The van der Waals surface area contributed by atoms with Crippen LogP contribution in [0.3, 0.4) is 0 Å². The number of rotatable bonds is 7. The van der Waals surface area contributed by atoms with E-state index in [4.69, 9.17) is 9.47 Å². The minimum Gasteiger partial charge on any atom is -0.456 e. The first kappa shape index (κ1) is 18.7. The molecule has 0 amide bonds. The third kappa shape index (κ3) is 4.54. The Morgan fingerprint density at radius 3 is 2.81 bits per heavy atom. The van der Waals surface area contributed by atoms with Crippen LogP contribution < -0.4 is 5.56 Å². The maximum absolute atomic E-state index is 12.2. The van der Waals surface area contributed by atoms with Crippen LogP contribution in [0.2, 0.25) is 0 Å². The van der Waals surface area contributed by atoms with Crippen molar-refractivity contribution in [2.24, 2.45) is 0 Å². The second kappa shape index (κ2) is 8.52. The first-order valence-electron chi connectivity index (χ1n) is 7.96. The van der Waals surface area contributed by atoms with Crippen LogP contribution >= 0.6 is 27.3 Å². The molecule has 7 nitrogen and oxygen atoms in total. The second-order valence-electron chi connectivity index (χ2n) is 5.31. The van der Waals surface area contributed by atoms with Crippen LogP contribution in [0.25, 0.3) is 4.96 Å². The molecule has 0 aliphatic carbocycles. The molecule has 1 aromatic carbocycles. The predicted octanol–water partition coefficient (Wildman–Crippen LogP) is 2.85. The minimum absolute atomic E-state index is 0.0766. The molecule has 2 aromatic heterocycles. The Kier molecular flexibility index (Phi) is 6.12. The van der Waals surface area contributed by atoms with Crippen molar-refractivity contribution in [3.05, 3.63) is 61.4 Å². The van der Waals surface area contributed by atoms with E-state index in [1.54, 1.807) is 24.3 Å². The molecule has 136 valence electrons. The van der Waals surface area contributed by atoms with E-state index in [9.17, 15) is 9.59 Å². The Balaban J connectivity index is 1.70. The van der Waals surface area contributed by atoms with Crippen LogP contribution in [0.5, 0.6) is 0 Å². The van der Waals surface area contributed by atoms with E-state index in [0.717, 1.165) is 9.48 Å². The molecule has 0 aliphatic rings. The molecule has 26 heavy (non-hydrogen) atoms. The van der Waals surface area contributed by atoms with Gasteiger partial charge in [0.1, 0.15) is 11.6 Å². The topological polar surface area (TPSA) is 82.8 Å². The largest absolute Gasteiger partial charge is 0.456 e. The third-order valence-corrected chi connectivity index (χ3v) is 4.93. The SMILES string of the molecule is CCOCCc1nn2c(=O)cc(COC(=O)c3ccc(Br)cc3)nc2s1. The second-order valence-corrected chi connectivity index (χ2v) is 7.26. The molecule has 9 heteroatoms. The highest BCUT2D eigenvalue weighted by Gasteiger charge is 2.12. The van der Waals surface area contributed by atoms with Gasteiger partial charge in [-0.2, -0.15) is 9.61 Å². The Morgan fingerprint density at radius 2 is 2.08 bits per heavy atom. The van der Waals surface area contributed by atoms with Crippen LogP contribution in [0.15, 0.2) is 39.6 Å². The number of nitrogens with zero attached hydrogens (tertiary/aromatic N) is 3. The fourth-order valence-electron chi connectivity index (χ4n) is 2.18. The predicted molar refractivity (Wildman–Crippen MR) is 101 cm³/mol. The number of aromatic nitrogens is 3. The quantitative estimate of drug-likeness (QED) is 0.417. The van der Waals surface area contributed by atoms with Gasteiger partial charge in [-0.05, 0) is 31.2 Å². The molecular formula is C17H16BrN3O4S. The molecule has 0 aliphatic heterocycles. The Hall–Kier alpha value is -2.10. The maximum Gasteiger partial charge on any atom is 0.338 e. The summed E-state index contributed by atoms with van der Waals surface area (Å²) < 4.78 is 12.7. The van der Waals surface area contributed by atoms with Crippen molar-refractivity contribution in [1.29, 1.82) is 0 Å². The van der Waals surface area contributed by atoms with E-state index < -0.39 is 5.97 Å². The summed E-state index contributed by atoms with van der Waals surface area (Å²) in [6.07, 6.45) is 0.620. The molecule has 0 bridgehead atoms. The van der Waals surface area contributed by atoms with E-state index in [0.29, 0.717) is 35.9 Å². The number of benzene rings is 1. The number of fused-ring (bicyclic) bond motifs is 1. The highest BCUT2D eigenvalue weighted by Crippen LogP contribution is 2.14. The highest BCUT2D eigenvalue weighted by atomic mass is 79.9. The van der Waals surface area contributed by atoms with E-state index in [1.807, 2.05) is 6.92 Å². The summed E-state index contributed by atoms with van der Waals surface area (Å²) in [5, 5.41) is 5.01. The summed E-state index contributed by atoms with van der Waals surface area (Å²) in [6.45, 7) is 3.03. The van der Waals surface area contributed by atoms with Gasteiger partial charge in [0.2, 0.25) is 4.96 Å². The zero-order valence-electron chi connectivity index (χ0n) is 14.0. The number of esters is 1. The molecule has 0 spiro atoms. The summed E-state index contributed by atoms with van der Waals surface area (Å²) in [5.41, 5.74) is 0.520. The molecular weight excluding hydrogens is 422 g/mol. The smallest absolute Gasteiger partial charge is 0.338 e. The number of hydrogen-bond donors (Lipinski definition) is 0. The molecule has 0 saturated carbocycles. The first-order chi connectivity index (χ1) is 12.6. The molecule has 0 fully saturated rings. The highest BCUT2D eigenvalue weighted by molar-refractivity contribution is 9.10. The maximum atomic E-state index is 12.2. The standard InChI is InChI=1S/C17H16BrN3O4S/c1-2-24-8-7-14-20-21-15(22)9-13(19-17(21)26-14)10-25-16(23)11-3-5-12(18)6-4-11/h3-6,9H,2,7-8,10H2,1H3. The molecule has 0 unspecified atom stereocenters. The first-order valence-corrected chi connectivity index (χ1v) is 9.57. The molecule has 0 saturated heterocycles. The Bertz CT molecular complexity index is 968. The van der Waals surface area contributed by atoms with Crippen LogP contribution in [0, 0.1) is 0 Å². The molecule has 3 rings (SSSR count). The molecule has 0 atom stereocenters. The van der Waals surface area contributed by atoms with Gasteiger partial charge in [-0.15, -0.1) is 0 Å². The van der Waals surface area contributed by atoms with Crippen LogP contribution in [0.1, 0.15) is 28.0 Å². The van der Waals surface area contributed by atoms with Crippen molar-refractivity contribution >= 4 is 38.2 Å². The third-order valence-electron chi connectivity index (χ3n) is 3.44. The summed E-state index contributed by atoms with van der Waals surface area (Å²) in [6, 6.07) is 8.16. The monoisotopic (exact) mass is 437 g/mol. The summed E-state index contributed by atoms with van der Waals surface area (Å²) in [7, 11) is 0. The molecule has 2 heterocycles. The van der Waals surface area contributed by atoms with E-state index in [1.165, 1.54) is 21.9 Å². The van der Waals surface area contributed by atoms with Crippen molar-refractivity contribution in [3.8, 4) is 0 Å². The average Bonchev–Trinajstić information content (AvgIpc) is 3.04. The van der Waals surface area contributed by atoms with Crippen molar-refractivity contribution in [2.75, 3.05) is 13.2 Å². The molecule has 0 radical (unpaired) electrons. The van der Waals surface area contributed by atoms with Crippen molar-refractivity contribution in [1.82, 2.24) is 14.6 Å². The summed E-state index contributed by atoms with van der Waals surface area (Å²) in [5.74, 6) is -0.471. The van der Waals surface area contributed by atoms with Crippen LogP contribution in [0.4, 0.5) is 0 Å². The van der Waals surface area contributed by atoms with Gasteiger partial charge in [-0.25, -0.2) is 9.78 Å². The number of ether oxygens (including phenoxy) is 2. The van der Waals surface area contributed by atoms with E-state index >= 15 is 0 Å². The number of carbonyl (C=O) groups is 1. The lowest BCUT2D eigenvalue weighted by Crippen LogP contribution is -2.16. The van der Waals surface area contributed by atoms with Crippen LogP contribution in [-0.4, -0.2) is 33.8 Å².